The fraction of sp³-hybridized carbons (Fsp3) is 0.375. The normalized spacial score (nSPS) is 40.2. The lowest BCUT2D eigenvalue weighted by Gasteiger charge is -2.26. The number of aliphatic hydroxyl groups is 1. The summed E-state index contributed by atoms with van der Waals surface area (Å²) >= 11 is 0. The summed E-state index contributed by atoms with van der Waals surface area (Å²) in [7, 11) is 0. The molecule has 0 unspecified atom stereocenters. The maximum Gasteiger partial charge on any atom is 0.241 e. The van der Waals surface area contributed by atoms with E-state index in [-0.39, 0.29) is 18.4 Å². The lowest BCUT2D eigenvalue weighted by atomic mass is 9.73. The van der Waals surface area contributed by atoms with Gasteiger partial charge in [0.05, 0.1) is 29.7 Å². The molecule has 1 aromatic carbocycles. The quantitative estimate of drug-likeness (QED) is 0.647. The molecule has 4 atom stereocenters. The molecular weight excluding hydrogens is 270 g/mol. The summed E-state index contributed by atoms with van der Waals surface area (Å²) in [6.07, 6.45) is 3.53. The van der Waals surface area contributed by atoms with E-state index in [2.05, 4.69) is 0 Å². The average molecular weight is 285 g/mol. The number of anilines is 1. The summed E-state index contributed by atoms with van der Waals surface area (Å²) in [4.78, 5) is 26.8. The Kier molecular flexibility index (Phi) is 2.31. The number of hydrogen-bond donors (Lipinski definition) is 1. The van der Waals surface area contributed by atoms with Crippen LogP contribution in [0.15, 0.2) is 42.5 Å². The first-order valence-corrected chi connectivity index (χ1v) is 6.97. The van der Waals surface area contributed by atoms with E-state index in [1.165, 1.54) is 4.90 Å². The highest BCUT2D eigenvalue weighted by Gasteiger charge is 2.72. The highest BCUT2D eigenvalue weighted by atomic mass is 16.5. The van der Waals surface area contributed by atoms with Crippen LogP contribution in [0.25, 0.3) is 0 Å². The Balaban J connectivity index is 1.83. The van der Waals surface area contributed by atoms with Gasteiger partial charge in [0.1, 0.15) is 5.60 Å². The number of fused-ring (bicyclic) bond motifs is 5. The van der Waals surface area contributed by atoms with Crippen molar-refractivity contribution < 1.29 is 19.4 Å². The van der Waals surface area contributed by atoms with E-state index in [4.69, 9.17) is 4.74 Å². The second-order valence-electron chi connectivity index (χ2n) is 6.04. The van der Waals surface area contributed by atoms with Gasteiger partial charge < -0.3 is 9.84 Å². The van der Waals surface area contributed by atoms with Crippen LogP contribution in [-0.4, -0.2) is 34.7 Å². The minimum atomic E-state index is -1.06. The van der Waals surface area contributed by atoms with Crippen molar-refractivity contribution in [2.75, 3.05) is 11.5 Å². The maximum atomic E-state index is 12.8. The van der Waals surface area contributed by atoms with Crippen LogP contribution < -0.4 is 4.90 Å². The van der Waals surface area contributed by atoms with Gasteiger partial charge in [-0.25, -0.2) is 4.90 Å². The van der Waals surface area contributed by atoms with E-state index < -0.39 is 23.0 Å². The number of nitrogens with zero attached hydrogens (tertiary/aromatic N) is 1. The predicted molar refractivity (Wildman–Crippen MR) is 74.4 cm³/mol. The molecule has 5 heteroatoms. The summed E-state index contributed by atoms with van der Waals surface area (Å²) in [5.41, 5.74) is -1.31. The minimum Gasteiger partial charge on any atom is -0.393 e. The summed E-state index contributed by atoms with van der Waals surface area (Å²) in [5, 5.41) is 9.71. The lowest BCUT2D eigenvalue weighted by molar-refractivity contribution is -0.131. The molecule has 3 aliphatic heterocycles. The molecule has 0 aromatic heterocycles. The Morgan fingerprint density at radius 3 is 2.48 bits per heavy atom. The van der Waals surface area contributed by atoms with Crippen LogP contribution in [0.1, 0.15) is 6.92 Å². The van der Waals surface area contributed by atoms with Gasteiger partial charge >= 0.3 is 0 Å². The Morgan fingerprint density at radius 2 is 1.81 bits per heavy atom. The Hall–Kier alpha value is -1.98. The van der Waals surface area contributed by atoms with Crippen molar-refractivity contribution in [1.82, 2.24) is 0 Å². The number of hydrogen-bond acceptors (Lipinski definition) is 4. The molecule has 2 amide bonds. The van der Waals surface area contributed by atoms with E-state index in [0.29, 0.717) is 5.69 Å². The zero-order chi connectivity index (χ0) is 14.8. The largest absolute Gasteiger partial charge is 0.393 e. The molecule has 2 fully saturated rings. The van der Waals surface area contributed by atoms with Crippen LogP contribution in [0.4, 0.5) is 5.69 Å². The number of carbonyl (C=O) groups is 2. The smallest absolute Gasteiger partial charge is 0.241 e. The lowest BCUT2D eigenvalue weighted by Crippen LogP contribution is -2.43. The average Bonchev–Trinajstić information content (AvgIpc) is 3.06. The topological polar surface area (TPSA) is 66.8 Å². The van der Waals surface area contributed by atoms with Gasteiger partial charge in [0.2, 0.25) is 11.8 Å². The van der Waals surface area contributed by atoms with Gasteiger partial charge in [-0.1, -0.05) is 30.4 Å². The van der Waals surface area contributed by atoms with Gasteiger partial charge in [-0.05, 0) is 19.1 Å². The van der Waals surface area contributed by atoms with Crippen molar-refractivity contribution in [3.8, 4) is 0 Å². The van der Waals surface area contributed by atoms with Crippen LogP contribution in [0, 0.1) is 11.8 Å². The molecule has 0 radical (unpaired) electrons. The van der Waals surface area contributed by atoms with Crippen LogP contribution >= 0.6 is 0 Å². The molecular formula is C16H15NO4. The molecule has 3 heterocycles. The second kappa shape index (κ2) is 3.81. The highest BCUT2D eigenvalue weighted by Crippen LogP contribution is 2.57. The summed E-state index contributed by atoms with van der Waals surface area (Å²) < 4.78 is 5.86. The number of aliphatic hydroxyl groups excluding tert-OH is 1. The number of ether oxygens (including phenoxy) is 1. The van der Waals surface area contributed by atoms with Crippen molar-refractivity contribution >= 4 is 17.5 Å². The summed E-state index contributed by atoms with van der Waals surface area (Å²) in [5.74, 6) is -1.76. The summed E-state index contributed by atoms with van der Waals surface area (Å²) in [6, 6.07) is 8.88. The predicted octanol–water partition coefficient (Wildman–Crippen LogP) is 0.882. The number of imide groups is 1. The third kappa shape index (κ3) is 1.37. The molecule has 21 heavy (non-hydrogen) atoms. The van der Waals surface area contributed by atoms with E-state index >= 15 is 0 Å². The maximum absolute atomic E-state index is 12.8. The van der Waals surface area contributed by atoms with Crippen LogP contribution in [0.3, 0.4) is 0 Å². The SMILES string of the molecule is C[C@@]12C=C[C@@](CO)(O1)[C@H]1C(=O)N(c3ccccc3)C(=O)[C@@H]12. The molecule has 0 spiro atoms. The zero-order valence-corrected chi connectivity index (χ0v) is 11.5. The van der Waals surface area contributed by atoms with Crippen LogP contribution in [0.5, 0.6) is 0 Å². The second-order valence-corrected chi connectivity index (χ2v) is 6.04. The van der Waals surface area contributed by atoms with Crippen molar-refractivity contribution in [3.63, 3.8) is 0 Å². The third-order valence-electron chi connectivity index (χ3n) is 4.82. The van der Waals surface area contributed by atoms with Crippen molar-refractivity contribution in [2.45, 2.75) is 18.1 Å². The number of amides is 2. The van der Waals surface area contributed by atoms with Crippen LogP contribution in [-0.2, 0) is 14.3 Å². The fourth-order valence-corrected chi connectivity index (χ4v) is 3.87. The number of para-hydroxylation sites is 1. The molecule has 3 aliphatic rings. The minimum absolute atomic E-state index is 0.252. The highest BCUT2D eigenvalue weighted by molar-refractivity contribution is 6.23. The van der Waals surface area contributed by atoms with Gasteiger partial charge in [0.25, 0.3) is 0 Å². The van der Waals surface area contributed by atoms with Gasteiger partial charge in [0, 0.05) is 0 Å². The first-order valence-electron chi connectivity index (χ1n) is 6.97. The molecule has 2 saturated heterocycles. The number of rotatable bonds is 2. The van der Waals surface area contributed by atoms with Crippen molar-refractivity contribution in [2.24, 2.45) is 11.8 Å². The van der Waals surface area contributed by atoms with E-state index in [0.717, 1.165) is 0 Å². The Bertz CT molecular complexity index is 670. The van der Waals surface area contributed by atoms with E-state index in [1.54, 1.807) is 43.3 Å². The molecule has 1 N–H and O–H groups in total. The Labute approximate surface area is 121 Å². The molecule has 4 rings (SSSR count). The van der Waals surface area contributed by atoms with E-state index in [1.807, 2.05) is 6.07 Å². The third-order valence-corrected chi connectivity index (χ3v) is 4.82. The standard InChI is InChI=1S/C16H15NO4/c1-15-7-8-16(9-18,21-15)12-11(15)13(19)17(14(12)20)10-5-3-2-4-6-10/h2-8,11-12,18H,9H2,1H3/t11-,12-,15+,16+/m1/s1. The van der Waals surface area contributed by atoms with Gasteiger partial charge in [-0.3, -0.25) is 9.59 Å². The van der Waals surface area contributed by atoms with Crippen LogP contribution in [0.2, 0.25) is 0 Å². The Morgan fingerprint density at radius 1 is 1.14 bits per heavy atom. The molecule has 1 aromatic rings. The fourth-order valence-electron chi connectivity index (χ4n) is 3.87. The molecule has 108 valence electrons. The van der Waals surface area contributed by atoms with Crippen molar-refractivity contribution in [1.29, 1.82) is 0 Å². The van der Waals surface area contributed by atoms with Gasteiger partial charge in [-0.2, -0.15) is 0 Å². The van der Waals surface area contributed by atoms with E-state index in [9.17, 15) is 14.7 Å². The first-order chi connectivity index (χ1) is 10.0. The molecule has 5 nitrogen and oxygen atoms in total. The molecule has 2 bridgehead atoms. The number of benzene rings is 1. The van der Waals surface area contributed by atoms with Gasteiger partial charge in [-0.15, -0.1) is 0 Å². The number of carbonyl (C=O) groups excluding carboxylic acids is 2. The zero-order valence-electron chi connectivity index (χ0n) is 11.5. The monoisotopic (exact) mass is 285 g/mol. The van der Waals surface area contributed by atoms with Gasteiger partial charge in [0.15, 0.2) is 0 Å². The van der Waals surface area contributed by atoms with Crippen molar-refractivity contribution in [3.05, 3.63) is 42.5 Å². The molecule has 0 saturated carbocycles. The first kappa shape index (κ1) is 12.7. The molecule has 0 aliphatic carbocycles. The summed E-state index contributed by atoms with van der Waals surface area (Å²) in [6.45, 7) is 1.49.